The minimum Gasteiger partial charge on any atom is -0.348 e. The molecular formula is C26H29FN6O2. The van der Waals surface area contributed by atoms with Gasteiger partial charge in [0.05, 0.1) is 28.0 Å². The Morgan fingerprint density at radius 1 is 1.09 bits per heavy atom. The van der Waals surface area contributed by atoms with Crippen LogP contribution in [0.15, 0.2) is 36.4 Å². The van der Waals surface area contributed by atoms with Crippen LogP contribution in [0.3, 0.4) is 0 Å². The second-order valence-electron chi connectivity index (χ2n) is 8.38. The molecule has 2 amide bonds. The number of imidazole rings is 1. The van der Waals surface area contributed by atoms with Crippen molar-refractivity contribution in [1.82, 2.24) is 24.6 Å². The molecule has 8 nitrogen and oxygen atoms in total. The molecule has 0 saturated carbocycles. The van der Waals surface area contributed by atoms with E-state index in [1.807, 2.05) is 36.9 Å². The number of hydrogen-bond acceptors (Lipinski definition) is 4. The van der Waals surface area contributed by atoms with Crippen molar-refractivity contribution in [2.45, 2.75) is 54.3 Å². The lowest BCUT2D eigenvalue weighted by Gasteiger charge is -2.12. The van der Waals surface area contributed by atoms with Gasteiger partial charge in [-0.05, 0) is 52.0 Å². The van der Waals surface area contributed by atoms with E-state index in [-0.39, 0.29) is 11.8 Å². The van der Waals surface area contributed by atoms with Crippen LogP contribution < -0.4 is 10.6 Å². The van der Waals surface area contributed by atoms with Crippen molar-refractivity contribution in [3.8, 4) is 11.4 Å². The maximum atomic E-state index is 14.6. The fraction of sp³-hybridized carbons (Fsp3) is 0.308. The number of benzene rings is 2. The zero-order valence-electron chi connectivity index (χ0n) is 20.6. The highest BCUT2D eigenvalue weighted by molar-refractivity contribution is 6.05. The zero-order chi connectivity index (χ0) is 25.3. The Kier molecular flexibility index (Phi) is 6.68. The molecule has 0 atom stereocenters. The summed E-state index contributed by atoms with van der Waals surface area (Å²) in [5.41, 5.74) is 5.13. The number of aromatic nitrogens is 4. The summed E-state index contributed by atoms with van der Waals surface area (Å²) in [6.45, 7) is 10.8. The second kappa shape index (κ2) is 9.69. The summed E-state index contributed by atoms with van der Waals surface area (Å²) in [7, 11) is 0. The summed E-state index contributed by atoms with van der Waals surface area (Å²) in [6.07, 6.45) is 0. The SMILES string of the molecule is CCn1nc(C)c(CNC(=O)c2cc(NC(C)=O)c3c(c2)nc(-c2ccccc2F)n3CC)c1C. The largest absolute Gasteiger partial charge is 0.348 e. The van der Waals surface area contributed by atoms with Crippen molar-refractivity contribution >= 4 is 28.5 Å². The van der Waals surface area contributed by atoms with Crippen LogP contribution in [0.2, 0.25) is 0 Å². The standard InChI is InChI=1S/C26H29FN6O2/c1-6-32-24-22(29-17(5)34)12-18(13-23(24)30-25(32)19-10-8-9-11-21(19)27)26(35)28-14-20-15(3)31-33(7-2)16(20)4/h8-13H,6-7,14H2,1-5H3,(H,28,35)(H,29,34). The Bertz CT molecular complexity index is 1440. The molecule has 35 heavy (non-hydrogen) atoms. The first-order valence-electron chi connectivity index (χ1n) is 11.6. The number of nitrogens with one attached hydrogen (secondary N) is 2. The molecule has 4 rings (SSSR count). The van der Waals surface area contributed by atoms with Crippen molar-refractivity contribution in [3.63, 3.8) is 0 Å². The molecule has 0 aliphatic carbocycles. The zero-order valence-corrected chi connectivity index (χ0v) is 20.6. The van der Waals surface area contributed by atoms with Gasteiger partial charge in [0.25, 0.3) is 5.91 Å². The van der Waals surface area contributed by atoms with Gasteiger partial charge < -0.3 is 15.2 Å². The van der Waals surface area contributed by atoms with E-state index in [4.69, 9.17) is 0 Å². The predicted molar refractivity (Wildman–Crippen MR) is 134 cm³/mol. The number of rotatable bonds is 7. The number of carbonyl (C=O) groups excluding carboxylic acids is 2. The number of hydrogen-bond donors (Lipinski definition) is 2. The molecular weight excluding hydrogens is 447 g/mol. The number of halogens is 1. The smallest absolute Gasteiger partial charge is 0.251 e. The summed E-state index contributed by atoms with van der Waals surface area (Å²) < 4.78 is 18.3. The summed E-state index contributed by atoms with van der Waals surface area (Å²) >= 11 is 0. The number of amides is 2. The summed E-state index contributed by atoms with van der Waals surface area (Å²) in [5.74, 6) is -0.545. The Hall–Kier alpha value is -4.01. The van der Waals surface area contributed by atoms with Crippen molar-refractivity contribution in [2.75, 3.05) is 5.32 Å². The Morgan fingerprint density at radius 3 is 2.46 bits per heavy atom. The molecule has 0 aliphatic heterocycles. The maximum Gasteiger partial charge on any atom is 0.251 e. The van der Waals surface area contributed by atoms with Crippen molar-refractivity contribution < 1.29 is 14.0 Å². The molecule has 2 heterocycles. The summed E-state index contributed by atoms with van der Waals surface area (Å²) in [5, 5.41) is 10.3. The molecule has 2 aromatic carbocycles. The fourth-order valence-corrected chi connectivity index (χ4v) is 4.41. The molecule has 0 spiro atoms. The molecule has 2 N–H and O–H groups in total. The molecule has 182 valence electrons. The van der Waals surface area contributed by atoms with Gasteiger partial charge in [-0.3, -0.25) is 14.3 Å². The van der Waals surface area contributed by atoms with Gasteiger partial charge in [-0.2, -0.15) is 5.10 Å². The van der Waals surface area contributed by atoms with Gasteiger partial charge in [0.2, 0.25) is 5.91 Å². The molecule has 0 bridgehead atoms. The maximum absolute atomic E-state index is 14.6. The normalized spacial score (nSPS) is 11.1. The monoisotopic (exact) mass is 476 g/mol. The summed E-state index contributed by atoms with van der Waals surface area (Å²) in [6, 6.07) is 9.71. The van der Waals surface area contributed by atoms with Gasteiger partial charge in [0, 0.05) is 43.4 Å². The van der Waals surface area contributed by atoms with E-state index in [1.54, 1.807) is 30.3 Å². The first-order chi connectivity index (χ1) is 16.7. The quantitative estimate of drug-likeness (QED) is 0.408. The molecule has 9 heteroatoms. The van der Waals surface area contributed by atoms with Crippen LogP contribution in [0.1, 0.15) is 48.1 Å². The van der Waals surface area contributed by atoms with Crippen LogP contribution in [-0.2, 0) is 24.4 Å². The van der Waals surface area contributed by atoms with Crippen molar-refractivity contribution in [3.05, 3.63) is 64.7 Å². The molecule has 0 fully saturated rings. The third-order valence-electron chi connectivity index (χ3n) is 6.10. The second-order valence-corrected chi connectivity index (χ2v) is 8.38. The molecule has 0 aliphatic rings. The fourth-order valence-electron chi connectivity index (χ4n) is 4.41. The van der Waals surface area contributed by atoms with Gasteiger partial charge in [-0.25, -0.2) is 9.37 Å². The average Bonchev–Trinajstić information content (AvgIpc) is 3.33. The highest BCUT2D eigenvalue weighted by Crippen LogP contribution is 2.32. The van der Waals surface area contributed by atoms with Crippen LogP contribution in [0, 0.1) is 19.7 Å². The molecule has 4 aromatic rings. The highest BCUT2D eigenvalue weighted by Gasteiger charge is 2.21. The average molecular weight is 477 g/mol. The molecule has 2 aromatic heterocycles. The first kappa shape index (κ1) is 24.1. The lowest BCUT2D eigenvalue weighted by Crippen LogP contribution is -2.23. The Labute approximate surface area is 203 Å². The van der Waals surface area contributed by atoms with Gasteiger partial charge in [0.15, 0.2) is 0 Å². The minimum absolute atomic E-state index is 0.279. The van der Waals surface area contributed by atoms with E-state index in [1.165, 1.54) is 13.0 Å². The van der Waals surface area contributed by atoms with Gasteiger partial charge >= 0.3 is 0 Å². The molecule has 0 unspecified atom stereocenters. The van der Waals surface area contributed by atoms with Crippen LogP contribution in [0.5, 0.6) is 0 Å². The number of anilines is 1. The van der Waals surface area contributed by atoms with E-state index in [0.29, 0.717) is 46.8 Å². The van der Waals surface area contributed by atoms with Crippen LogP contribution >= 0.6 is 0 Å². The number of carbonyl (C=O) groups is 2. The van der Waals surface area contributed by atoms with Crippen molar-refractivity contribution in [1.29, 1.82) is 0 Å². The lowest BCUT2D eigenvalue weighted by atomic mass is 10.1. The van der Waals surface area contributed by atoms with E-state index >= 15 is 0 Å². The number of aryl methyl sites for hydroxylation is 3. The topological polar surface area (TPSA) is 93.8 Å². The summed E-state index contributed by atoms with van der Waals surface area (Å²) in [4.78, 5) is 29.8. The molecule has 0 saturated heterocycles. The van der Waals surface area contributed by atoms with E-state index < -0.39 is 5.82 Å². The Balaban J connectivity index is 1.76. The third kappa shape index (κ3) is 4.53. The van der Waals surface area contributed by atoms with Gasteiger partial charge in [-0.1, -0.05) is 12.1 Å². The predicted octanol–water partition coefficient (Wildman–Crippen LogP) is 4.58. The number of nitrogens with zero attached hydrogens (tertiary/aromatic N) is 4. The van der Waals surface area contributed by atoms with E-state index in [9.17, 15) is 14.0 Å². The van der Waals surface area contributed by atoms with E-state index in [0.717, 1.165) is 23.5 Å². The molecule has 0 radical (unpaired) electrons. The highest BCUT2D eigenvalue weighted by atomic mass is 19.1. The van der Waals surface area contributed by atoms with Gasteiger partial charge in [-0.15, -0.1) is 0 Å². The van der Waals surface area contributed by atoms with Crippen LogP contribution in [0.4, 0.5) is 10.1 Å². The van der Waals surface area contributed by atoms with Gasteiger partial charge in [0.1, 0.15) is 11.6 Å². The minimum atomic E-state index is -0.394. The van der Waals surface area contributed by atoms with Crippen LogP contribution in [0.25, 0.3) is 22.4 Å². The Morgan fingerprint density at radius 2 is 1.83 bits per heavy atom. The first-order valence-corrected chi connectivity index (χ1v) is 11.6. The third-order valence-corrected chi connectivity index (χ3v) is 6.10. The van der Waals surface area contributed by atoms with E-state index in [2.05, 4.69) is 20.7 Å². The number of fused-ring (bicyclic) bond motifs is 1. The lowest BCUT2D eigenvalue weighted by molar-refractivity contribution is -0.114. The van der Waals surface area contributed by atoms with Crippen LogP contribution in [-0.4, -0.2) is 31.1 Å². The van der Waals surface area contributed by atoms with Crippen molar-refractivity contribution in [2.24, 2.45) is 0 Å².